The number of halogens is 3. The van der Waals surface area contributed by atoms with Crippen LogP contribution in [0.15, 0.2) is 47.7 Å². The van der Waals surface area contributed by atoms with Crippen LogP contribution in [0.4, 0.5) is 8.78 Å². The van der Waals surface area contributed by atoms with E-state index in [1.807, 2.05) is 6.92 Å². The molecular weight excluding hydrogens is 500 g/mol. The van der Waals surface area contributed by atoms with Gasteiger partial charge in [-0.25, -0.2) is 18.3 Å². The summed E-state index contributed by atoms with van der Waals surface area (Å²) in [6.07, 6.45) is 5.57. The zero-order valence-electron chi connectivity index (χ0n) is 20.5. The molecule has 1 atom stereocenters. The first-order chi connectivity index (χ1) is 17.4. The lowest BCUT2D eigenvalue weighted by Gasteiger charge is -2.21. The van der Waals surface area contributed by atoms with Gasteiger partial charge in [0.1, 0.15) is 18.3 Å². The highest BCUT2D eigenvalue weighted by molar-refractivity contribution is 5.85. The van der Waals surface area contributed by atoms with Crippen molar-refractivity contribution in [2.75, 3.05) is 6.54 Å². The molecule has 0 unspecified atom stereocenters. The van der Waals surface area contributed by atoms with Gasteiger partial charge in [0.15, 0.2) is 0 Å². The molecule has 1 aliphatic rings. The lowest BCUT2D eigenvalue weighted by atomic mass is 10.0. The summed E-state index contributed by atoms with van der Waals surface area (Å²) in [7, 11) is 0. The average molecular weight is 526 g/mol. The van der Waals surface area contributed by atoms with Crippen LogP contribution in [0.25, 0.3) is 28.1 Å². The Kier molecular flexibility index (Phi) is 6.25. The lowest BCUT2D eigenvalue weighted by molar-refractivity contribution is 0.486. The maximum Gasteiger partial charge on any atom is 0.338 e. The summed E-state index contributed by atoms with van der Waals surface area (Å²) >= 11 is 0. The molecular formula is C26H26ClF2N7O. The summed E-state index contributed by atoms with van der Waals surface area (Å²) in [6, 6.07) is 6.92. The van der Waals surface area contributed by atoms with Crippen LogP contribution in [0.5, 0.6) is 0 Å². The van der Waals surface area contributed by atoms with E-state index in [2.05, 4.69) is 15.5 Å². The van der Waals surface area contributed by atoms with E-state index in [0.717, 1.165) is 17.8 Å². The number of aryl methyl sites for hydroxylation is 2. The number of nitrogens with one attached hydrogen (secondary N) is 2. The standard InChI is InChI=1S/C26H25F2N7O.ClH/c1-14-10-17(11-15(2)24(14)28)35-25(23-16(3)29-7-6-21(23)32-35)34-9-8-33(26(34)36)22-5-4-20-19(13-30-31-20)18(22)12-27;/h4-5,8-11,13,16,29H,6-7,12H2,1-3H3,(H,30,31);1H/t16-;/m0./s1. The number of alkyl halides is 1. The van der Waals surface area contributed by atoms with Gasteiger partial charge in [0, 0.05) is 47.9 Å². The van der Waals surface area contributed by atoms with E-state index in [1.54, 1.807) is 61.4 Å². The van der Waals surface area contributed by atoms with Crippen molar-refractivity contribution in [3.63, 3.8) is 0 Å². The molecule has 8 nitrogen and oxygen atoms in total. The third-order valence-electron chi connectivity index (χ3n) is 6.99. The Labute approximate surface area is 217 Å². The van der Waals surface area contributed by atoms with Crippen LogP contribution in [0.2, 0.25) is 0 Å². The van der Waals surface area contributed by atoms with Gasteiger partial charge in [-0.05, 0) is 56.2 Å². The molecule has 0 radical (unpaired) electrons. The molecule has 4 heterocycles. The van der Waals surface area contributed by atoms with Gasteiger partial charge in [-0.2, -0.15) is 10.2 Å². The number of benzene rings is 2. The second kappa shape index (κ2) is 9.28. The number of fused-ring (bicyclic) bond motifs is 2. The van der Waals surface area contributed by atoms with Crippen molar-refractivity contribution in [1.82, 2.24) is 34.4 Å². The Morgan fingerprint density at radius 1 is 1.14 bits per heavy atom. The van der Waals surface area contributed by atoms with Crippen molar-refractivity contribution in [2.24, 2.45) is 0 Å². The fourth-order valence-corrected chi connectivity index (χ4v) is 5.21. The Bertz CT molecular complexity index is 1670. The number of hydrogen-bond donors (Lipinski definition) is 2. The maximum atomic E-state index is 14.4. The molecule has 0 saturated heterocycles. The summed E-state index contributed by atoms with van der Waals surface area (Å²) in [4.78, 5) is 13.8. The fourth-order valence-electron chi connectivity index (χ4n) is 5.21. The Balaban J connectivity index is 0.00000280. The second-order valence-corrected chi connectivity index (χ2v) is 9.26. The average Bonchev–Trinajstić information content (AvgIpc) is 3.58. The highest BCUT2D eigenvalue weighted by atomic mass is 35.5. The summed E-state index contributed by atoms with van der Waals surface area (Å²) < 4.78 is 33.2. The molecule has 0 amide bonds. The molecule has 0 aliphatic carbocycles. The van der Waals surface area contributed by atoms with Crippen molar-refractivity contribution < 1.29 is 8.78 Å². The molecule has 2 N–H and O–H groups in total. The van der Waals surface area contributed by atoms with Crippen LogP contribution in [0, 0.1) is 19.7 Å². The van der Waals surface area contributed by atoms with E-state index in [9.17, 15) is 13.6 Å². The van der Waals surface area contributed by atoms with Crippen LogP contribution < -0.4 is 11.0 Å². The first-order valence-electron chi connectivity index (χ1n) is 11.8. The van der Waals surface area contributed by atoms with E-state index in [4.69, 9.17) is 5.10 Å². The molecule has 1 aliphatic heterocycles. The Morgan fingerprint density at radius 3 is 2.59 bits per heavy atom. The topological polar surface area (TPSA) is 85.5 Å². The summed E-state index contributed by atoms with van der Waals surface area (Å²) in [6.45, 7) is 5.49. The molecule has 11 heteroatoms. The third kappa shape index (κ3) is 3.79. The minimum atomic E-state index is -0.744. The van der Waals surface area contributed by atoms with E-state index >= 15 is 0 Å². The van der Waals surface area contributed by atoms with Gasteiger partial charge in [-0.3, -0.25) is 14.2 Å². The van der Waals surface area contributed by atoms with Gasteiger partial charge in [0.25, 0.3) is 0 Å². The molecule has 6 rings (SSSR count). The van der Waals surface area contributed by atoms with E-state index < -0.39 is 6.67 Å². The first-order valence-corrected chi connectivity index (χ1v) is 11.8. The van der Waals surface area contributed by atoms with Crippen molar-refractivity contribution >= 4 is 23.3 Å². The number of rotatable bonds is 4. The van der Waals surface area contributed by atoms with Crippen molar-refractivity contribution in [2.45, 2.75) is 39.9 Å². The highest BCUT2D eigenvalue weighted by Crippen LogP contribution is 2.32. The molecule has 3 aromatic heterocycles. The van der Waals surface area contributed by atoms with Crippen LogP contribution in [-0.2, 0) is 13.1 Å². The largest absolute Gasteiger partial charge is 0.338 e. The molecule has 0 bridgehead atoms. The number of imidazole rings is 1. The highest BCUT2D eigenvalue weighted by Gasteiger charge is 2.29. The van der Waals surface area contributed by atoms with Gasteiger partial charge >= 0.3 is 5.69 Å². The monoisotopic (exact) mass is 525 g/mol. The number of hydrogen-bond acceptors (Lipinski definition) is 4. The van der Waals surface area contributed by atoms with Crippen LogP contribution in [-0.4, -0.2) is 35.7 Å². The number of nitrogens with zero attached hydrogens (tertiary/aromatic N) is 5. The van der Waals surface area contributed by atoms with Gasteiger partial charge in [-0.1, -0.05) is 0 Å². The molecule has 0 spiro atoms. The van der Waals surface area contributed by atoms with Gasteiger partial charge in [0.05, 0.1) is 28.8 Å². The van der Waals surface area contributed by atoms with Crippen molar-refractivity contribution in [3.8, 4) is 17.2 Å². The number of aromatic amines is 1. The minimum absolute atomic E-state index is 0. The fraction of sp³-hybridized carbons (Fsp3) is 0.269. The van der Waals surface area contributed by atoms with E-state index in [1.165, 1.54) is 9.13 Å². The molecule has 192 valence electrons. The van der Waals surface area contributed by atoms with Crippen LogP contribution in [0.1, 0.15) is 40.9 Å². The summed E-state index contributed by atoms with van der Waals surface area (Å²) in [5.74, 6) is 0.328. The molecule has 0 fully saturated rings. The molecule has 5 aromatic rings. The quantitative estimate of drug-likeness (QED) is 0.361. The zero-order valence-corrected chi connectivity index (χ0v) is 21.4. The third-order valence-corrected chi connectivity index (χ3v) is 6.99. The number of aromatic nitrogens is 6. The molecule has 37 heavy (non-hydrogen) atoms. The molecule has 0 saturated carbocycles. The lowest BCUT2D eigenvalue weighted by Crippen LogP contribution is -2.30. The Hall–Kier alpha value is -3.76. The maximum absolute atomic E-state index is 14.4. The summed E-state index contributed by atoms with van der Waals surface area (Å²) in [5.41, 5.74) is 4.66. The van der Waals surface area contributed by atoms with Gasteiger partial charge in [-0.15, -0.1) is 12.4 Å². The van der Waals surface area contributed by atoms with Crippen molar-refractivity contribution in [1.29, 1.82) is 0 Å². The van der Waals surface area contributed by atoms with Crippen LogP contribution >= 0.6 is 12.4 Å². The zero-order chi connectivity index (χ0) is 25.1. The molecule has 2 aromatic carbocycles. The first kappa shape index (κ1) is 24.9. The smallest absolute Gasteiger partial charge is 0.310 e. The second-order valence-electron chi connectivity index (χ2n) is 9.26. The predicted molar refractivity (Wildman–Crippen MR) is 140 cm³/mol. The van der Waals surface area contributed by atoms with E-state index in [-0.39, 0.29) is 30.0 Å². The Morgan fingerprint density at radius 2 is 1.86 bits per heavy atom. The summed E-state index contributed by atoms with van der Waals surface area (Å²) in [5, 5.41) is 15.8. The van der Waals surface area contributed by atoms with Gasteiger partial charge in [0.2, 0.25) is 0 Å². The van der Waals surface area contributed by atoms with Crippen molar-refractivity contribution in [3.05, 3.63) is 87.1 Å². The SMILES string of the molecule is Cc1cc(-n2nc3c(c2-n2ccn(-c4ccc5[nH]ncc5c4CF)c2=O)[C@H](C)NCC3)cc(C)c1F.Cl. The van der Waals surface area contributed by atoms with E-state index in [0.29, 0.717) is 51.2 Å². The normalized spacial score (nSPS) is 15.1. The number of H-pyrrole nitrogens is 1. The predicted octanol–water partition coefficient (Wildman–Crippen LogP) is 4.54. The minimum Gasteiger partial charge on any atom is -0.310 e. The van der Waals surface area contributed by atoms with Gasteiger partial charge < -0.3 is 5.32 Å². The van der Waals surface area contributed by atoms with Crippen LogP contribution in [0.3, 0.4) is 0 Å².